The maximum atomic E-state index is 10.4. The molecule has 0 radical (unpaired) electrons. The minimum absolute atomic E-state index is 0.293. The Balaban J connectivity index is 1.83. The number of nitrogens with zero attached hydrogens (tertiary/aromatic N) is 1. The first kappa shape index (κ1) is 20.5. The summed E-state index contributed by atoms with van der Waals surface area (Å²) in [5.74, 6) is 2.25. The van der Waals surface area contributed by atoms with E-state index in [0.717, 1.165) is 31.0 Å². The number of furan rings is 1. The molecule has 0 bridgehead atoms. The van der Waals surface area contributed by atoms with Gasteiger partial charge in [0.25, 0.3) is 0 Å². The Bertz CT molecular complexity index is 595. The molecule has 2 rings (SSSR count). The molecule has 1 heterocycles. The van der Waals surface area contributed by atoms with Crippen LogP contribution in [0.3, 0.4) is 0 Å². The first-order valence-electron chi connectivity index (χ1n) is 9.20. The van der Waals surface area contributed by atoms with Gasteiger partial charge in [-0.2, -0.15) is 0 Å². The second kappa shape index (κ2) is 11.0. The molecule has 0 spiro atoms. The monoisotopic (exact) mass is 361 g/mol. The van der Waals surface area contributed by atoms with E-state index in [1.807, 2.05) is 24.3 Å². The maximum Gasteiger partial charge on any atom is 0.129 e. The smallest absolute Gasteiger partial charge is 0.129 e. The van der Waals surface area contributed by atoms with E-state index in [2.05, 4.69) is 30.9 Å². The molecule has 26 heavy (non-hydrogen) atoms. The lowest BCUT2D eigenvalue weighted by atomic mass is 10.1. The molecule has 0 aliphatic rings. The average Bonchev–Trinajstić information content (AvgIpc) is 3.13. The van der Waals surface area contributed by atoms with Crippen LogP contribution in [0, 0.1) is 5.92 Å². The van der Waals surface area contributed by atoms with Crippen LogP contribution in [0.1, 0.15) is 31.6 Å². The lowest BCUT2D eigenvalue weighted by molar-refractivity contribution is 0.00325. The lowest BCUT2D eigenvalue weighted by Crippen LogP contribution is -2.35. The number of ether oxygens (including phenoxy) is 2. The Morgan fingerprint density at radius 3 is 2.54 bits per heavy atom. The molecule has 1 N–H and O–H groups in total. The molecule has 0 saturated heterocycles. The van der Waals surface area contributed by atoms with Crippen LogP contribution < -0.4 is 4.74 Å². The highest BCUT2D eigenvalue weighted by atomic mass is 16.5. The first-order chi connectivity index (χ1) is 12.6. The van der Waals surface area contributed by atoms with E-state index in [0.29, 0.717) is 25.7 Å². The van der Waals surface area contributed by atoms with E-state index in [-0.39, 0.29) is 0 Å². The van der Waals surface area contributed by atoms with Gasteiger partial charge in [0, 0.05) is 13.1 Å². The fourth-order valence-electron chi connectivity index (χ4n) is 2.71. The van der Waals surface area contributed by atoms with Crippen LogP contribution in [0.5, 0.6) is 5.75 Å². The molecule has 0 amide bonds. The molecule has 0 aliphatic carbocycles. The fraction of sp³-hybridized carbons (Fsp3) is 0.524. The summed E-state index contributed by atoms with van der Waals surface area (Å²) in [6.07, 6.45) is 2.18. The Hall–Kier alpha value is -1.82. The van der Waals surface area contributed by atoms with Crippen molar-refractivity contribution in [3.05, 3.63) is 54.0 Å². The quantitative estimate of drug-likeness (QED) is 0.624. The number of benzene rings is 1. The summed E-state index contributed by atoms with van der Waals surface area (Å²) in [4.78, 5) is 2.28. The molecule has 1 unspecified atom stereocenters. The predicted octanol–water partition coefficient (Wildman–Crippen LogP) is 3.71. The van der Waals surface area contributed by atoms with E-state index in [9.17, 15) is 5.11 Å². The van der Waals surface area contributed by atoms with Crippen molar-refractivity contribution in [2.45, 2.75) is 39.5 Å². The van der Waals surface area contributed by atoms with Crippen LogP contribution in [0.2, 0.25) is 0 Å². The summed E-state index contributed by atoms with van der Waals surface area (Å²) in [6, 6.07) is 11.8. The van der Waals surface area contributed by atoms with Gasteiger partial charge in [0.2, 0.25) is 0 Å². The van der Waals surface area contributed by atoms with E-state index >= 15 is 0 Å². The van der Waals surface area contributed by atoms with Gasteiger partial charge in [-0.3, -0.25) is 4.90 Å². The highest BCUT2D eigenvalue weighted by Gasteiger charge is 2.14. The molecule has 0 saturated carbocycles. The highest BCUT2D eigenvalue weighted by molar-refractivity contribution is 5.27. The number of hydrogen-bond donors (Lipinski definition) is 1. The van der Waals surface area contributed by atoms with Crippen LogP contribution in [0.15, 0.2) is 47.1 Å². The topological polar surface area (TPSA) is 55.1 Å². The van der Waals surface area contributed by atoms with Crippen molar-refractivity contribution in [3.63, 3.8) is 0 Å². The minimum atomic E-state index is -0.532. The van der Waals surface area contributed by atoms with Crippen molar-refractivity contribution in [3.8, 4) is 5.75 Å². The van der Waals surface area contributed by atoms with E-state index in [1.54, 1.807) is 13.4 Å². The van der Waals surface area contributed by atoms with E-state index < -0.39 is 6.10 Å². The zero-order chi connectivity index (χ0) is 18.8. The van der Waals surface area contributed by atoms with Crippen molar-refractivity contribution >= 4 is 0 Å². The minimum Gasteiger partial charge on any atom is -0.497 e. The van der Waals surface area contributed by atoms with Crippen molar-refractivity contribution < 1.29 is 19.0 Å². The lowest BCUT2D eigenvalue weighted by Gasteiger charge is -2.26. The highest BCUT2D eigenvalue weighted by Crippen LogP contribution is 2.14. The number of rotatable bonds is 12. The van der Waals surface area contributed by atoms with E-state index in [1.165, 1.54) is 5.56 Å². The molecule has 144 valence electrons. The van der Waals surface area contributed by atoms with Crippen molar-refractivity contribution in [1.29, 1.82) is 0 Å². The molecule has 2 aromatic rings. The van der Waals surface area contributed by atoms with Gasteiger partial charge in [0.15, 0.2) is 0 Å². The summed E-state index contributed by atoms with van der Waals surface area (Å²) >= 11 is 0. The third-order valence-electron chi connectivity index (χ3n) is 4.19. The van der Waals surface area contributed by atoms with Gasteiger partial charge in [0.1, 0.15) is 18.1 Å². The van der Waals surface area contributed by atoms with Crippen molar-refractivity contribution in [2.24, 2.45) is 5.92 Å². The average molecular weight is 361 g/mol. The van der Waals surface area contributed by atoms with Crippen LogP contribution in [0.25, 0.3) is 0 Å². The van der Waals surface area contributed by atoms with Gasteiger partial charge in [-0.15, -0.1) is 0 Å². The van der Waals surface area contributed by atoms with Crippen molar-refractivity contribution in [1.82, 2.24) is 4.90 Å². The second-order valence-electron chi connectivity index (χ2n) is 7.01. The number of hydrogen-bond acceptors (Lipinski definition) is 5. The van der Waals surface area contributed by atoms with Gasteiger partial charge in [-0.05, 0) is 48.7 Å². The Morgan fingerprint density at radius 1 is 1.15 bits per heavy atom. The molecule has 5 nitrogen and oxygen atoms in total. The third kappa shape index (κ3) is 7.60. The summed E-state index contributed by atoms with van der Waals surface area (Å²) in [5.41, 5.74) is 1.21. The third-order valence-corrected chi connectivity index (χ3v) is 4.19. The van der Waals surface area contributed by atoms with Crippen LogP contribution >= 0.6 is 0 Å². The summed E-state index contributed by atoms with van der Waals surface area (Å²) in [6.45, 7) is 7.43. The number of aliphatic hydroxyl groups excluding tert-OH is 1. The number of aliphatic hydroxyl groups is 1. The molecule has 0 aliphatic heterocycles. The molecular formula is C21H31NO4. The van der Waals surface area contributed by atoms with Crippen LogP contribution in [0.4, 0.5) is 0 Å². The zero-order valence-electron chi connectivity index (χ0n) is 16.1. The summed E-state index contributed by atoms with van der Waals surface area (Å²) in [5, 5.41) is 10.4. The predicted molar refractivity (Wildman–Crippen MR) is 102 cm³/mol. The first-order valence-corrected chi connectivity index (χ1v) is 9.20. The molecule has 5 heteroatoms. The standard InChI is InChI=1S/C21H31NO4/c1-17(2)10-11-22(13-18-6-8-20(24-3)9-7-18)14-19(23)15-25-16-21-5-4-12-26-21/h4-9,12,17,19,23H,10-11,13-16H2,1-3H3. The Kier molecular flexibility index (Phi) is 8.68. The Labute approximate surface area is 156 Å². The second-order valence-corrected chi connectivity index (χ2v) is 7.01. The van der Waals surface area contributed by atoms with Crippen LogP contribution in [-0.4, -0.2) is 42.9 Å². The van der Waals surface area contributed by atoms with Gasteiger partial charge in [-0.25, -0.2) is 0 Å². The van der Waals surface area contributed by atoms with Crippen LogP contribution in [-0.2, 0) is 17.9 Å². The van der Waals surface area contributed by atoms with Gasteiger partial charge in [0.05, 0.1) is 26.1 Å². The van der Waals surface area contributed by atoms with Crippen molar-refractivity contribution in [2.75, 3.05) is 26.8 Å². The molecule has 1 aromatic carbocycles. The van der Waals surface area contributed by atoms with E-state index in [4.69, 9.17) is 13.9 Å². The molecule has 0 fully saturated rings. The molecular weight excluding hydrogens is 330 g/mol. The number of methoxy groups -OCH3 is 1. The zero-order valence-corrected chi connectivity index (χ0v) is 16.1. The normalized spacial score (nSPS) is 12.7. The molecule has 1 aromatic heterocycles. The summed E-state index contributed by atoms with van der Waals surface area (Å²) < 4.78 is 16.0. The molecule has 1 atom stereocenters. The SMILES string of the molecule is COc1ccc(CN(CCC(C)C)CC(O)COCc2ccco2)cc1. The largest absolute Gasteiger partial charge is 0.497 e. The van der Waals surface area contributed by atoms with Gasteiger partial charge in [-0.1, -0.05) is 26.0 Å². The maximum absolute atomic E-state index is 10.4. The Morgan fingerprint density at radius 2 is 1.92 bits per heavy atom. The van der Waals surface area contributed by atoms with Gasteiger partial charge >= 0.3 is 0 Å². The summed E-state index contributed by atoms with van der Waals surface area (Å²) in [7, 11) is 1.67. The van der Waals surface area contributed by atoms with Gasteiger partial charge < -0.3 is 19.0 Å². The fourth-order valence-corrected chi connectivity index (χ4v) is 2.71.